The first-order valence-electron chi connectivity index (χ1n) is 8.14. The Bertz CT molecular complexity index is 972. The molecule has 12 heteroatoms. The number of carbonyl (C=O) groups is 1. The van der Waals surface area contributed by atoms with E-state index in [1.165, 1.54) is 17.3 Å². The number of anilines is 1. The third-order valence-corrected chi connectivity index (χ3v) is 6.19. The van der Waals surface area contributed by atoms with Gasteiger partial charge in [0.15, 0.2) is 11.5 Å². The van der Waals surface area contributed by atoms with E-state index in [0.717, 1.165) is 28.6 Å². The Morgan fingerprint density at radius 1 is 1.00 bits per heavy atom. The topological polar surface area (TPSA) is 109 Å². The van der Waals surface area contributed by atoms with Crippen LogP contribution in [0.1, 0.15) is 16.1 Å². The molecule has 1 amide bonds. The summed E-state index contributed by atoms with van der Waals surface area (Å²) in [6.45, 7) is 0.175. The van der Waals surface area contributed by atoms with Crippen LogP contribution in [-0.4, -0.2) is 59.7 Å². The number of carbonyl (C=O) groups excluding carboxylic acids is 1. The fraction of sp³-hybridized carbons (Fsp3) is 0.312. The minimum Gasteiger partial charge on any atom is -0.382 e. The van der Waals surface area contributed by atoms with Crippen LogP contribution in [0.4, 0.5) is 19.0 Å². The quantitative estimate of drug-likeness (QED) is 0.808. The summed E-state index contributed by atoms with van der Waals surface area (Å²) in [5.41, 5.74) is 4.70. The lowest BCUT2D eigenvalue weighted by Gasteiger charge is -2.33. The Morgan fingerprint density at radius 2 is 1.57 bits per heavy atom. The van der Waals surface area contributed by atoms with Crippen LogP contribution in [0.3, 0.4) is 0 Å². The first-order chi connectivity index (χ1) is 13.1. The van der Waals surface area contributed by atoms with Crippen molar-refractivity contribution < 1.29 is 26.4 Å². The van der Waals surface area contributed by atoms with Gasteiger partial charge in [0.2, 0.25) is 10.0 Å². The first-order valence-corrected chi connectivity index (χ1v) is 9.58. The van der Waals surface area contributed by atoms with E-state index in [1.54, 1.807) is 0 Å². The van der Waals surface area contributed by atoms with Crippen molar-refractivity contribution in [3.05, 3.63) is 47.9 Å². The molecular weight excluding hydrogens is 399 g/mol. The molecule has 0 saturated carbocycles. The molecule has 1 aromatic carbocycles. The molecular formula is C16H16F3N5O3S. The van der Waals surface area contributed by atoms with E-state index < -0.39 is 27.7 Å². The molecule has 2 N–H and O–H groups in total. The standard InChI is InChI=1S/C16H16F3N5O3S/c17-16(18,19)11-1-3-12(4-2-11)28(26,27)24-9-7-23(8-10-24)15(25)13-14(20)22-6-5-21-13/h1-6H,7-10H2,(H2,20,22). The number of aromatic nitrogens is 2. The number of hydrogen-bond donors (Lipinski definition) is 1. The number of nitrogens with zero attached hydrogens (tertiary/aromatic N) is 4. The summed E-state index contributed by atoms with van der Waals surface area (Å²) in [5.74, 6) is -0.482. The molecule has 0 atom stereocenters. The molecule has 1 aliphatic rings. The monoisotopic (exact) mass is 415 g/mol. The van der Waals surface area contributed by atoms with Crippen molar-refractivity contribution in [3.8, 4) is 0 Å². The maximum absolute atomic E-state index is 12.6. The SMILES string of the molecule is Nc1nccnc1C(=O)N1CCN(S(=O)(=O)c2ccc(C(F)(F)F)cc2)CC1. The number of piperazine rings is 1. The molecule has 150 valence electrons. The van der Waals surface area contributed by atoms with E-state index >= 15 is 0 Å². The van der Waals surface area contributed by atoms with E-state index in [2.05, 4.69) is 9.97 Å². The van der Waals surface area contributed by atoms with Crippen molar-refractivity contribution in [2.24, 2.45) is 0 Å². The summed E-state index contributed by atoms with van der Waals surface area (Å²) < 4.78 is 64.3. The van der Waals surface area contributed by atoms with Crippen molar-refractivity contribution in [1.29, 1.82) is 0 Å². The molecule has 0 bridgehead atoms. The molecule has 0 spiro atoms. The summed E-state index contributed by atoms with van der Waals surface area (Å²) >= 11 is 0. The number of halogens is 3. The Balaban J connectivity index is 1.70. The van der Waals surface area contributed by atoms with Gasteiger partial charge in [0.25, 0.3) is 5.91 Å². The highest BCUT2D eigenvalue weighted by molar-refractivity contribution is 7.89. The molecule has 2 aromatic rings. The lowest BCUT2D eigenvalue weighted by Crippen LogP contribution is -2.50. The molecule has 28 heavy (non-hydrogen) atoms. The molecule has 1 saturated heterocycles. The van der Waals surface area contributed by atoms with Crippen LogP contribution in [0.15, 0.2) is 41.6 Å². The van der Waals surface area contributed by atoms with Gasteiger partial charge in [-0.15, -0.1) is 0 Å². The highest BCUT2D eigenvalue weighted by Gasteiger charge is 2.33. The van der Waals surface area contributed by atoms with Crippen molar-refractivity contribution in [2.45, 2.75) is 11.1 Å². The maximum Gasteiger partial charge on any atom is 0.416 e. The minimum atomic E-state index is -4.55. The van der Waals surface area contributed by atoms with Crippen LogP contribution in [-0.2, 0) is 16.2 Å². The smallest absolute Gasteiger partial charge is 0.382 e. The van der Waals surface area contributed by atoms with Crippen LogP contribution in [0.25, 0.3) is 0 Å². The van der Waals surface area contributed by atoms with Gasteiger partial charge in [-0.2, -0.15) is 17.5 Å². The van der Waals surface area contributed by atoms with Gasteiger partial charge in [-0.05, 0) is 24.3 Å². The summed E-state index contributed by atoms with van der Waals surface area (Å²) in [5, 5.41) is 0. The summed E-state index contributed by atoms with van der Waals surface area (Å²) in [6.07, 6.45) is -1.87. The number of nitrogens with two attached hydrogens (primary N) is 1. The second kappa shape index (κ2) is 7.36. The van der Waals surface area contributed by atoms with E-state index in [-0.39, 0.29) is 42.6 Å². The van der Waals surface area contributed by atoms with Gasteiger partial charge >= 0.3 is 6.18 Å². The van der Waals surface area contributed by atoms with Gasteiger partial charge in [-0.1, -0.05) is 0 Å². The molecule has 0 unspecified atom stereocenters. The molecule has 1 aliphatic heterocycles. The Hall–Kier alpha value is -2.73. The molecule has 0 aliphatic carbocycles. The van der Waals surface area contributed by atoms with Crippen molar-refractivity contribution >= 4 is 21.7 Å². The van der Waals surface area contributed by atoms with E-state index in [1.807, 2.05) is 0 Å². The normalized spacial score (nSPS) is 16.2. The largest absolute Gasteiger partial charge is 0.416 e. The number of hydrogen-bond acceptors (Lipinski definition) is 6. The van der Waals surface area contributed by atoms with Gasteiger partial charge < -0.3 is 10.6 Å². The summed E-state index contributed by atoms with van der Waals surface area (Å²) in [7, 11) is -3.97. The predicted octanol–water partition coefficient (Wildman–Crippen LogP) is 1.22. The Kier molecular flexibility index (Phi) is 5.26. The van der Waals surface area contributed by atoms with Gasteiger partial charge in [0, 0.05) is 38.6 Å². The van der Waals surface area contributed by atoms with Crippen LogP contribution >= 0.6 is 0 Å². The highest BCUT2D eigenvalue weighted by Crippen LogP contribution is 2.30. The fourth-order valence-electron chi connectivity index (χ4n) is 2.76. The number of amides is 1. The summed E-state index contributed by atoms with van der Waals surface area (Å²) in [4.78, 5) is 21.3. The minimum absolute atomic E-state index is 0.00470. The maximum atomic E-state index is 12.6. The molecule has 2 heterocycles. The highest BCUT2D eigenvalue weighted by atomic mass is 32.2. The van der Waals surface area contributed by atoms with Gasteiger partial charge in [0.05, 0.1) is 10.5 Å². The van der Waals surface area contributed by atoms with E-state index in [0.29, 0.717) is 0 Å². The third kappa shape index (κ3) is 3.92. The second-order valence-corrected chi connectivity index (χ2v) is 7.95. The fourth-order valence-corrected chi connectivity index (χ4v) is 4.18. The average Bonchev–Trinajstić information content (AvgIpc) is 2.67. The van der Waals surface area contributed by atoms with Crippen LogP contribution in [0, 0.1) is 0 Å². The van der Waals surface area contributed by atoms with E-state index in [4.69, 9.17) is 5.73 Å². The number of benzene rings is 1. The Morgan fingerprint density at radius 3 is 2.11 bits per heavy atom. The predicted molar refractivity (Wildman–Crippen MR) is 92.6 cm³/mol. The van der Waals surface area contributed by atoms with E-state index in [9.17, 15) is 26.4 Å². The number of rotatable bonds is 3. The second-order valence-electron chi connectivity index (χ2n) is 6.01. The molecule has 8 nitrogen and oxygen atoms in total. The summed E-state index contributed by atoms with van der Waals surface area (Å²) in [6, 6.07) is 3.30. The van der Waals surface area contributed by atoms with Crippen LogP contribution in [0.5, 0.6) is 0 Å². The molecule has 0 radical (unpaired) electrons. The third-order valence-electron chi connectivity index (χ3n) is 4.27. The lowest BCUT2D eigenvalue weighted by atomic mass is 10.2. The van der Waals surface area contributed by atoms with Crippen molar-refractivity contribution in [2.75, 3.05) is 31.9 Å². The zero-order valence-corrected chi connectivity index (χ0v) is 15.2. The van der Waals surface area contributed by atoms with Gasteiger partial charge in [0.1, 0.15) is 0 Å². The number of sulfonamides is 1. The van der Waals surface area contributed by atoms with Crippen molar-refractivity contribution in [1.82, 2.24) is 19.2 Å². The number of alkyl halides is 3. The molecule has 1 aromatic heterocycles. The molecule has 1 fully saturated rings. The Labute approximate surface area is 158 Å². The van der Waals surface area contributed by atoms with Crippen LogP contribution in [0.2, 0.25) is 0 Å². The first kappa shape index (κ1) is 20.0. The zero-order valence-electron chi connectivity index (χ0n) is 14.4. The zero-order chi connectivity index (χ0) is 20.5. The number of nitrogen functional groups attached to an aromatic ring is 1. The van der Waals surface area contributed by atoms with Crippen molar-refractivity contribution in [3.63, 3.8) is 0 Å². The van der Waals surface area contributed by atoms with Gasteiger partial charge in [-0.3, -0.25) is 4.79 Å². The van der Waals surface area contributed by atoms with Gasteiger partial charge in [-0.25, -0.2) is 18.4 Å². The molecule has 3 rings (SSSR count). The lowest BCUT2D eigenvalue weighted by molar-refractivity contribution is -0.137. The average molecular weight is 415 g/mol. The van der Waals surface area contributed by atoms with Crippen LogP contribution < -0.4 is 5.73 Å².